The van der Waals surface area contributed by atoms with Gasteiger partial charge < -0.3 is 10.6 Å². The molecule has 0 radical (unpaired) electrons. The van der Waals surface area contributed by atoms with E-state index in [4.69, 9.17) is 0 Å². The SMILES string of the molecule is Cc1cccc(CNC(C)C(=O)NCCC(C)C)n1. The maximum atomic E-state index is 11.8. The lowest BCUT2D eigenvalue weighted by molar-refractivity contribution is -0.122. The fraction of sp³-hybridized carbons (Fsp3) is 0.600. The van der Waals surface area contributed by atoms with Crippen LogP contribution in [0, 0.1) is 12.8 Å². The Labute approximate surface area is 116 Å². The van der Waals surface area contributed by atoms with Gasteiger partial charge in [-0.05, 0) is 38.3 Å². The highest BCUT2D eigenvalue weighted by Crippen LogP contribution is 1.99. The number of nitrogens with one attached hydrogen (secondary N) is 2. The van der Waals surface area contributed by atoms with Crippen LogP contribution in [0.25, 0.3) is 0 Å². The van der Waals surface area contributed by atoms with Crippen molar-refractivity contribution >= 4 is 5.91 Å². The second-order valence-electron chi connectivity index (χ2n) is 5.35. The first-order valence-corrected chi connectivity index (χ1v) is 6.92. The highest BCUT2D eigenvalue weighted by Gasteiger charge is 2.11. The lowest BCUT2D eigenvalue weighted by Gasteiger charge is -2.14. The third-order valence-corrected chi connectivity index (χ3v) is 2.95. The van der Waals surface area contributed by atoms with Crippen LogP contribution >= 0.6 is 0 Å². The Morgan fingerprint density at radius 3 is 2.68 bits per heavy atom. The zero-order valence-electron chi connectivity index (χ0n) is 12.4. The van der Waals surface area contributed by atoms with Crippen LogP contribution < -0.4 is 10.6 Å². The highest BCUT2D eigenvalue weighted by atomic mass is 16.2. The Hall–Kier alpha value is -1.42. The minimum Gasteiger partial charge on any atom is -0.355 e. The summed E-state index contributed by atoms with van der Waals surface area (Å²) in [5.74, 6) is 0.661. The van der Waals surface area contributed by atoms with Gasteiger partial charge in [-0.1, -0.05) is 19.9 Å². The van der Waals surface area contributed by atoms with Crippen molar-refractivity contribution in [3.63, 3.8) is 0 Å². The fourth-order valence-electron chi connectivity index (χ4n) is 1.69. The van der Waals surface area contributed by atoms with Crippen LogP contribution in [0.4, 0.5) is 0 Å². The maximum absolute atomic E-state index is 11.8. The minimum atomic E-state index is -0.200. The molecule has 0 aliphatic heterocycles. The van der Waals surface area contributed by atoms with Gasteiger partial charge in [-0.15, -0.1) is 0 Å². The van der Waals surface area contributed by atoms with E-state index in [1.54, 1.807) is 0 Å². The predicted octanol–water partition coefficient (Wildman–Crippen LogP) is 2.03. The lowest BCUT2D eigenvalue weighted by Crippen LogP contribution is -2.42. The van der Waals surface area contributed by atoms with E-state index in [9.17, 15) is 4.79 Å². The molecule has 0 bridgehead atoms. The Morgan fingerprint density at radius 1 is 1.32 bits per heavy atom. The molecule has 1 amide bonds. The summed E-state index contributed by atoms with van der Waals surface area (Å²) in [7, 11) is 0. The predicted molar refractivity (Wildman–Crippen MR) is 77.7 cm³/mol. The van der Waals surface area contributed by atoms with E-state index in [0.29, 0.717) is 12.5 Å². The van der Waals surface area contributed by atoms with Crippen LogP contribution in [0.5, 0.6) is 0 Å². The van der Waals surface area contributed by atoms with Crippen molar-refractivity contribution in [1.29, 1.82) is 0 Å². The smallest absolute Gasteiger partial charge is 0.236 e. The van der Waals surface area contributed by atoms with Crippen LogP contribution in [0.1, 0.15) is 38.6 Å². The number of amides is 1. The average Bonchev–Trinajstić information content (AvgIpc) is 2.35. The van der Waals surface area contributed by atoms with Gasteiger partial charge in [0.15, 0.2) is 0 Å². The topological polar surface area (TPSA) is 54.0 Å². The van der Waals surface area contributed by atoms with Gasteiger partial charge in [-0.2, -0.15) is 0 Å². The fourth-order valence-corrected chi connectivity index (χ4v) is 1.69. The molecule has 1 unspecified atom stereocenters. The molecule has 0 spiro atoms. The van der Waals surface area contributed by atoms with Gasteiger partial charge in [0.1, 0.15) is 0 Å². The quantitative estimate of drug-likeness (QED) is 0.791. The molecule has 0 saturated heterocycles. The molecule has 0 saturated carbocycles. The Balaban J connectivity index is 2.30. The molecule has 4 nitrogen and oxygen atoms in total. The van der Waals surface area contributed by atoms with Gasteiger partial charge >= 0.3 is 0 Å². The van der Waals surface area contributed by atoms with Crippen LogP contribution in [-0.2, 0) is 11.3 Å². The lowest BCUT2D eigenvalue weighted by atomic mass is 10.1. The summed E-state index contributed by atoms with van der Waals surface area (Å²) < 4.78 is 0. The van der Waals surface area contributed by atoms with Crippen molar-refractivity contribution in [3.8, 4) is 0 Å². The summed E-state index contributed by atoms with van der Waals surface area (Å²) in [5.41, 5.74) is 1.95. The summed E-state index contributed by atoms with van der Waals surface area (Å²) in [4.78, 5) is 16.2. The van der Waals surface area contributed by atoms with Crippen LogP contribution in [0.15, 0.2) is 18.2 Å². The molecule has 4 heteroatoms. The molecule has 106 valence electrons. The molecule has 1 aromatic heterocycles. The van der Waals surface area contributed by atoms with E-state index < -0.39 is 0 Å². The third-order valence-electron chi connectivity index (χ3n) is 2.95. The zero-order chi connectivity index (χ0) is 14.3. The summed E-state index contributed by atoms with van der Waals surface area (Å²) in [5, 5.41) is 6.13. The van der Waals surface area contributed by atoms with E-state index in [-0.39, 0.29) is 11.9 Å². The number of nitrogens with zero attached hydrogens (tertiary/aromatic N) is 1. The Bertz CT molecular complexity index is 404. The van der Waals surface area contributed by atoms with Gasteiger partial charge in [-0.3, -0.25) is 9.78 Å². The first-order chi connectivity index (χ1) is 8.99. The second kappa shape index (κ2) is 7.89. The number of aromatic nitrogens is 1. The first kappa shape index (κ1) is 15.6. The summed E-state index contributed by atoms with van der Waals surface area (Å²) >= 11 is 0. The molecule has 1 rings (SSSR count). The van der Waals surface area contributed by atoms with Crippen molar-refractivity contribution < 1.29 is 4.79 Å². The van der Waals surface area contributed by atoms with Gasteiger partial charge in [0.25, 0.3) is 0 Å². The number of hydrogen-bond acceptors (Lipinski definition) is 3. The van der Waals surface area contributed by atoms with E-state index in [1.807, 2.05) is 32.0 Å². The molecule has 19 heavy (non-hydrogen) atoms. The molecule has 2 N–H and O–H groups in total. The molecule has 1 aromatic rings. The molecule has 1 heterocycles. The molecular formula is C15H25N3O. The van der Waals surface area contributed by atoms with Gasteiger partial charge in [0, 0.05) is 18.8 Å². The average molecular weight is 263 g/mol. The van der Waals surface area contributed by atoms with Gasteiger partial charge in [0.05, 0.1) is 11.7 Å². The Morgan fingerprint density at radius 2 is 2.05 bits per heavy atom. The molecular weight excluding hydrogens is 238 g/mol. The number of rotatable bonds is 7. The highest BCUT2D eigenvalue weighted by molar-refractivity contribution is 5.81. The van der Waals surface area contributed by atoms with E-state index in [0.717, 1.165) is 24.4 Å². The van der Waals surface area contributed by atoms with Crippen molar-refractivity contribution in [2.24, 2.45) is 5.92 Å². The van der Waals surface area contributed by atoms with E-state index >= 15 is 0 Å². The third kappa shape index (κ3) is 6.34. The second-order valence-corrected chi connectivity index (χ2v) is 5.35. The van der Waals surface area contributed by atoms with Crippen LogP contribution in [-0.4, -0.2) is 23.5 Å². The van der Waals surface area contributed by atoms with Crippen molar-refractivity contribution in [3.05, 3.63) is 29.6 Å². The van der Waals surface area contributed by atoms with Crippen molar-refractivity contribution in [1.82, 2.24) is 15.6 Å². The van der Waals surface area contributed by atoms with E-state index in [2.05, 4.69) is 29.5 Å². The molecule has 0 aromatic carbocycles. The normalized spacial score (nSPS) is 12.5. The van der Waals surface area contributed by atoms with E-state index in [1.165, 1.54) is 0 Å². The van der Waals surface area contributed by atoms with Crippen molar-refractivity contribution in [2.45, 2.75) is 46.7 Å². The minimum absolute atomic E-state index is 0.0494. The molecule has 0 fully saturated rings. The summed E-state index contributed by atoms with van der Waals surface area (Å²) in [6.45, 7) is 9.49. The summed E-state index contributed by atoms with van der Waals surface area (Å²) in [6, 6.07) is 5.70. The van der Waals surface area contributed by atoms with Crippen LogP contribution in [0.2, 0.25) is 0 Å². The summed E-state index contributed by atoms with van der Waals surface area (Å²) in [6.07, 6.45) is 1.01. The first-order valence-electron chi connectivity index (χ1n) is 6.92. The number of hydrogen-bond donors (Lipinski definition) is 2. The zero-order valence-corrected chi connectivity index (χ0v) is 12.4. The number of aryl methyl sites for hydroxylation is 1. The molecule has 0 aliphatic rings. The largest absolute Gasteiger partial charge is 0.355 e. The number of carbonyl (C=O) groups is 1. The monoisotopic (exact) mass is 263 g/mol. The van der Waals surface area contributed by atoms with Crippen molar-refractivity contribution in [2.75, 3.05) is 6.54 Å². The molecule has 1 atom stereocenters. The van der Waals surface area contributed by atoms with Gasteiger partial charge in [0.2, 0.25) is 5.91 Å². The maximum Gasteiger partial charge on any atom is 0.236 e. The standard InChI is InChI=1S/C15H25N3O/c1-11(2)8-9-16-15(19)13(4)17-10-14-7-5-6-12(3)18-14/h5-7,11,13,17H,8-10H2,1-4H3,(H,16,19). The van der Waals surface area contributed by atoms with Crippen LogP contribution in [0.3, 0.4) is 0 Å². The Kier molecular flexibility index (Phi) is 6.50. The molecule has 0 aliphatic carbocycles. The number of carbonyl (C=O) groups excluding carboxylic acids is 1. The number of pyridine rings is 1. The van der Waals surface area contributed by atoms with Gasteiger partial charge in [-0.25, -0.2) is 0 Å².